The minimum Gasteiger partial charge on any atom is -0.481 e. The van der Waals surface area contributed by atoms with Crippen molar-refractivity contribution in [3.63, 3.8) is 0 Å². The lowest BCUT2D eigenvalue weighted by atomic mass is 9.95. The van der Waals surface area contributed by atoms with Crippen LogP contribution < -0.4 is 4.74 Å². The fraction of sp³-hybridized carbons (Fsp3) is 0.0385. The van der Waals surface area contributed by atoms with Crippen LogP contribution in [0.3, 0.4) is 0 Å². The molecule has 0 N–H and O–H groups in total. The second kappa shape index (κ2) is 6.98. The van der Waals surface area contributed by atoms with E-state index in [2.05, 4.69) is 17.1 Å². The summed E-state index contributed by atoms with van der Waals surface area (Å²) in [4.78, 5) is 17.8. The Morgan fingerprint density at radius 1 is 0.900 bits per heavy atom. The van der Waals surface area contributed by atoms with Gasteiger partial charge >= 0.3 is 0 Å². The van der Waals surface area contributed by atoms with E-state index in [0.717, 1.165) is 33.2 Å². The summed E-state index contributed by atoms with van der Waals surface area (Å²) in [6, 6.07) is 22.9. The van der Waals surface area contributed by atoms with Crippen LogP contribution in [0, 0.1) is 11.3 Å². The Hall–Kier alpha value is -4.23. The Bertz CT molecular complexity index is 1410. The van der Waals surface area contributed by atoms with Gasteiger partial charge < -0.3 is 4.74 Å². The van der Waals surface area contributed by atoms with Gasteiger partial charge in [0.05, 0.1) is 24.3 Å². The number of ketones is 1. The van der Waals surface area contributed by atoms with E-state index in [-0.39, 0.29) is 5.78 Å². The highest BCUT2D eigenvalue weighted by Crippen LogP contribution is 2.33. The van der Waals surface area contributed by atoms with Crippen LogP contribution >= 0.6 is 0 Å². The maximum Gasteiger partial charge on any atom is 0.214 e. The number of rotatable bonds is 1. The Labute approximate surface area is 173 Å². The zero-order chi connectivity index (χ0) is 20.7. The molecule has 0 unspecified atom stereocenters. The number of carbonyl (C=O) groups excluding carboxylic acids is 1. The fourth-order valence-electron chi connectivity index (χ4n) is 3.79. The summed E-state index contributed by atoms with van der Waals surface area (Å²) in [6.45, 7) is 0. The second-order valence-electron chi connectivity index (χ2n) is 7.15. The molecule has 0 aliphatic heterocycles. The molecular formula is C26H16N2O2. The lowest BCUT2D eigenvalue weighted by molar-refractivity contribution is 0.103. The van der Waals surface area contributed by atoms with Crippen LogP contribution in [-0.2, 0) is 0 Å². The van der Waals surface area contributed by atoms with Gasteiger partial charge in [-0.05, 0) is 64.7 Å². The first-order valence-electron chi connectivity index (χ1n) is 9.52. The maximum atomic E-state index is 13.2. The van der Waals surface area contributed by atoms with Crippen LogP contribution in [0.2, 0.25) is 0 Å². The first-order valence-corrected chi connectivity index (χ1v) is 9.52. The van der Waals surface area contributed by atoms with E-state index in [4.69, 9.17) is 4.74 Å². The quantitative estimate of drug-likeness (QED) is 0.380. The van der Waals surface area contributed by atoms with E-state index in [1.54, 1.807) is 31.4 Å². The SMILES string of the molecule is COc1cc2c3cc(ccc3n1)C(=O)c1ccc(C#N)c(c1)/C=C/c1cccc-2c1. The summed E-state index contributed by atoms with van der Waals surface area (Å²) >= 11 is 0. The number of hydrogen-bond donors (Lipinski definition) is 0. The van der Waals surface area contributed by atoms with Crippen molar-refractivity contribution < 1.29 is 9.53 Å². The van der Waals surface area contributed by atoms with Gasteiger partial charge in [0.2, 0.25) is 5.88 Å². The Morgan fingerprint density at radius 3 is 2.57 bits per heavy atom. The third-order valence-corrected chi connectivity index (χ3v) is 5.34. The van der Waals surface area contributed by atoms with Crippen molar-refractivity contribution in [2.24, 2.45) is 0 Å². The Morgan fingerprint density at radius 2 is 1.73 bits per heavy atom. The zero-order valence-corrected chi connectivity index (χ0v) is 16.2. The first-order chi connectivity index (χ1) is 14.7. The highest BCUT2D eigenvalue weighted by Gasteiger charge is 2.16. The van der Waals surface area contributed by atoms with Crippen molar-refractivity contribution in [2.45, 2.75) is 0 Å². The molecule has 1 aliphatic rings. The average Bonchev–Trinajstić information content (AvgIpc) is 2.80. The molecule has 1 aliphatic carbocycles. The fourth-order valence-corrected chi connectivity index (χ4v) is 3.79. The molecule has 0 spiro atoms. The van der Waals surface area contributed by atoms with Gasteiger partial charge in [0.15, 0.2) is 5.78 Å². The third-order valence-electron chi connectivity index (χ3n) is 5.34. The van der Waals surface area contributed by atoms with Crippen molar-refractivity contribution >= 4 is 28.8 Å². The van der Waals surface area contributed by atoms with Crippen LogP contribution in [-0.4, -0.2) is 17.9 Å². The number of hydrogen-bond acceptors (Lipinski definition) is 4. The van der Waals surface area contributed by atoms with Crippen molar-refractivity contribution in [1.82, 2.24) is 4.98 Å². The minimum atomic E-state index is -0.0937. The van der Waals surface area contributed by atoms with Gasteiger partial charge in [0, 0.05) is 22.6 Å². The van der Waals surface area contributed by atoms with Gasteiger partial charge in [0.1, 0.15) is 0 Å². The summed E-state index contributed by atoms with van der Waals surface area (Å²) in [5.41, 5.74) is 6.07. The van der Waals surface area contributed by atoms with Gasteiger partial charge in [-0.3, -0.25) is 4.79 Å². The topological polar surface area (TPSA) is 63.0 Å². The monoisotopic (exact) mass is 388 g/mol. The largest absolute Gasteiger partial charge is 0.481 e. The Balaban J connectivity index is 1.87. The molecule has 142 valence electrons. The highest BCUT2D eigenvalue weighted by atomic mass is 16.5. The van der Waals surface area contributed by atoms with Crippen molar-refractivity contribution in [3.8, 4) is 23.1 Å². The van der Waals surface area contributed by atoms with E-state index >= 15 is 0 Å². The van der Waals surface area contributed by atoms with Gasteiger partial charge in [-0.2, -0.15) is 5.26 Å². The molecule has 0 fully saturated rings. The molecule has 0 saturated carbocycles. The molecule has 1 aromatic heterocycles. The van der Waals surface area contributed by atoms with E-state index in [9.17, 15) is 10.1 Å². The lowest BCUT2D eigenvalue weighted by Crippen LogP contribution is -2.03. The number of nitriles is 1. The van der Waals surface area contributed by atoms with E-state index in [1.165, 1.54) is 0 Å². The molecule has 6 bridgehead atoms. The summed E-state index contributed by atoms with van der Waals surface area (Å²) in [6.07, 6.45) is 3.84. The number of methoxy groups -OCH3 is 1. The number of fused-ring (bicyclic) bond motifs is 6. The van der Waals surface area contributed by atoms with Crippen LogP contribution in [0.15, 0.2) is 66.7 Å². The second-order valence-corrected chi connectivity index (χ2v) is 7.15. The predicted octanol–water partition coefficient (Wildman–Crippen LogP) is 5.50. The molecule has 4 aromatic rings. The number of carbonyl (C=O) groups is 1. The number of nitrogens with zero attached hydrogens (tertiary/aromatic N) is 2. The highest BCUT2D eigenvalue weighted by molar-refractivity contribution is 6.12. The molecule has 0 saturated heterocycles. The molecule has 4 nitrogen and oxygen atoms in total. The summed E-state index contributed by atoms with van der Waals surface area (Å²) < 4.78 is 5.40. The average molecular weight is 388 g/mol. The van der Waals surface area contributed by atoms with Crippen molar-refractivity contribution in [1.29, 1.82) is 5.26 Å². The van der Waals surface area contributed by atoms with Crippen molar-refractivity contribution in [2.75, 3.05) is 7.11 Å². The van der Waals surface area contributed by atoms with E-state index < -0.39 is 0 Å². The first kappa shape index (κ1) is 17.8. The molecular weight excluding hydrogens is 372 g/mol. The summed E-state index contributed by atoms with van der Waals surface area (Å²) in [5.74, 6) is 0.427. The van der Waals surface area contributed by atoms with Crippen LogP contribution in [0.5, 0.6) is 5.88 Å². The normalized spacial score (nSPS) is 13.1. The van der Waals surface area contributed by atoms with E-state index in [0.29, 0.717) is 22.6 Å². The van der Waals surface area contributed by atoms with Crippen LogP contribution in [0.1, 0.15) is 32.6 Å². The van der Waals surface area contributed by atoms with Crippen molar-refractivity contribution in [3.05, 3.63) is 94.5 Å². The number of benzene rings is 3. The van der Waals surface area contributed by atoms with Gasteiger partial charge in [-0.25, -0.2) is 4.98 Å². The van der Waals surface area contributed by atoms with Gasteiger partial charge in [-0.15, -0.1) is 0 Å². The molecule has 0 radical (unpaired) electrons. The molecule has 30 heavy (non-hydrogen) atoms. The van der Waals surface area contributed by atoms with Crippen LogP contribution in [0.25, 0.3) is 34.2 Å². The molecule has 0 atom stereocenters. The molecule has 5 rings (SSSR count). The lowest BCUT2D eigenvalue weighted by Gasteiger charge is -2.11. The van der Waals surface area contributed by atoms with Crippen LogP contribution in [0.4, 0.5) is 0 Å². The van der Waals surface area contributed by atoms with Gasteiger partial charge in [0.25, 0.3) is 0 Å². The summed E-state index contributed by atoms with van der Waals surface area (Å²) in [5, 5.41) is 10.4. The number of pyridine rings is 1. The maximum absolute atomic E-state index is 13.2. The third kappa shape index (κ3) is 2.94. The minimum absolute atomic E-state index is 0.0937. The molecule has 1 heterocycles. The molecule has 3 aromatic carbocycles. The van der Waals surface area contributed by atoms with Gasteiger partial charge in [-0.1, -0.05) is 30.4 Å². The molecule has 4 heteroatoms. The number of ether oxygens (including phenoxy) is 1. The summed E-state index contributed by atoms with van der Waals surface area (Å²) in [7, 11) is 1.59. The number of aromatic nitrogens is 1. The zero-order valence-electron chi connectivity index (χ0n) is 16.2. The standard InChI is InChI=1S/C26H16N2O2/c1-30-25-14-22-18-4-2-3-16(11-18)5-6-17-12-19(7-8-21(17)15-27)26(29)20-9-10-24(28-25)23(22)13-20/h2-14H,1H3/b6-5+. The van der Waals surface area contributed by atoms with E-state index in [1.807, 2.05) is 48.6 Å². The molecule has 0 amide bonds. The smallest absolute Gasteiger partial charge is 0.214 e. The Kier molecular flexibility index (Phi) is 4.15. The predicted molar refractivity (Wildman–Crippen MR) is 117 cm³/mol.